The minimum atomic E-state index is -1.86. The fourth-order valence-electron chi connectivity index (χ4n) is 3.74. The standard InChI is InChI=1S/C21H22O10/c22-8-15-16(25)17(26)18(27)20(30-15)31-21(10-1-3-11(23)4-2-10)9-29-14-7-12(24)5-6-13(14)19(21)28/h1-7,15-18,20,22-27H,8-9H2. The van der Waals surface area contributed by atoms with Gasteiger partial charge in [0.15, 0.2) is 11.9 Å². The highest BCUT2D eigenvalue weighted by atomic mass is 16.7. The van der Waals surface area contributed by atoms with Gasteiger partial charge in [-0.3, -0.25) is 4.79 Å². The first-order valence-electron chi connectivity index (χ1n) is 9.55. The van der Waals surface area contributed by atoms with E-state index in [0.29, 0.717) is 0 Å². The number of Topliss-reactive ketones (excluding diaryl/α,β-unsaturated/α-hetero) is 1. The maximum atomic E-state index is 13.6. The van der Waals surface area contributed by atoms with Crippen molar-refractivity contribution in [3.05, 3.63) is 53.6 Å². The number of carbonyl (C=O) groups is 1. The second-order valence-electron chi connectivity index (χ2n) is 7.49. The number of phenols is 2. The highest BCUT2D eigenvalue weighted by Gasteiger charge is 2.53. The molecule has 0 amide bonds. The largest absolute Gasteiger partial charge is 0.508 e. The zero-order valence-corrected chi connectivity index (χ0v) is 16.2. The number of ketones is 1. The van der Waals surface area contributed by atoms with Crippen LogP contribution < -0.4 is 4.74 Å². The smallest absolute Gasteiger partial charge is 0.206 e. The van der Waals surface area contributed by atoms with Gasteiger partial charge in [0, 0.05) is 6.07 Å². The van der Waals surface area contributed by atoms with Gasteiger partial charge >= 0.3 is 0 Å². The quantitative estimate of drug-likeness (QED) is 0.365. The third kappa shape index (κ3) is 3.63. The van der Waals surface area contributed by atoms with Gasteiger partial charge < -0.3 is 44.8 Å². The van der Waals surface area contributed by atoms with Crippen LogP contribution in [-0.2, 0) is 15.1 Å². The van der Waals surface area contributed by atoms with Crippen molar-refractivity contribution in [2.45, 2.75) is 36.3 Å². The molecule has 0 radical (unpaired) electrons. The number of hydrogen-bond acceptors (Lipinski definition) is 10. The maximum absolute atomic E-state index is 13.6. The average molecular weight is 434 g/mol. The SMILES string of the molecule is O=C1c2ccc(O)cc2OCC1(OC1OC(CO)C(O)C(O)C1O)c1ccc(O)cc1. The molecule has 2 aromatic rings. The Hall–Kier alpha value is -2.73. The molecular weight excluding hydrogens is 412 g/mol. The van der Waals surface area contributed by atoms with Crippen molar-refractivity contribution in [2.24, 2.45) is 0 Å². The van der Waals surface area contributed by atoms with Gasteiger partial charge in [0.1, 0.15) is 48.3 Å². The summed E-state index contributed by atoms with van der Waals surface area (Å²) >= 11 is 0. The van der Waals surface area contributed by atoms with Gasteiger partial charge in [0.05, 0.1) is 12.2 Å². The number of rotatable bonds is 4. The van der Waals surface area contributed by atoms with Crippen LogP contribution >= 0.6 is 0 Å². The third-order valence-electron chi connectivity index (χ3n) is 5.51. The zero-order valence-electron chi connectivity index (χ0n) is 16.2. The Morgan fingerprint density at radius 2 is 1.65 bits per heavy atom. The normalized spacial score (nSPS) is 32.9. The van der Waals surface area contributed by atoms with E-state index in [0.717, 1.165) is 0 Å². The van der Waals surface area contributed by atoms with E-state index in [4.69, 9.17) is 14.2 Å². The zero-order chi connectivity index (χ0) is 22.3. The summed E-state index contributed by atoms with van der Waals surface area (Å²) in [5.74, 6) is -0.590. The van der Waals surface area contributed by atoms with Crippen LogP contribution in [0.3, 0.4) is 0 Å². The van der Waals surface area contributed by atoms with Crippen LogP contribution in [0.15, 0.2) is 42.5 Å². The van der Waals surface area contributed by atoms with Gasteiger partial charge in [-0.25, -0.2) is 0 Å². The lowest BCUT2D eigenvalue weighted by Gasteiger charge is -2.45. The minimum Gasteiger partial charge on any atom is -0.508 e. The first-order chi connectivity index (χ1) is 14.8. The molecule has 6 unspecified atom stereocenters. The van der Waals surface area contributed by atoms with Gasteiger partial charge in [-0.1, -0.05) is 12.1 Å². The van der Waals surface area contributed by atoms with Crippen molar-refractivity contribution in [2.75, 3.05) is 13.2 Å². The van der Waals surface area contributed by atoms with Crippen LogP contribution in [0.4, 0.5) is 0 Å². The molecule has 0 saturated carbocycles. The van der Waals surface area contributed by atoms with E-state index in [9.17, 15) is 35.4 Å². The van der Waals surface area contributed by atoms with E-state index in [1.54, 1.807) is 0 Å². The average Bonchev–Trinajstić information content (AvgIpc) is 2.76. The van der Waals surface area contributed by atoms with Crippen molar-refractivity contribution in [1.29, 1.82) is 0 Å². The van der Waals surface area contributed by atoms with Gasteiger partial charge in [0.2, 0.25) is 5.78 Å². The Labute approximate surface area is 176 Å². The van der Waals surface area contributed by atoms with Crippen LogP contribution in [0, 0.1) is 0 Å². The molecule has 6 atom stereocenters. The summed E-state index contributed by atoms with van der Waals surface area (Å²) in [7, 11) is 0. The molecular formula is C21H22O10. The topological polar surface area (TPSA) is 166 Å². The summed E-state index contributed by atoms with van der Waals surface area (Å²) in [6.45, 7) is -1.04. The Morgan fingerprint density at radius 1 is 0.968 bits per heavy atom. The molecule has 0 spiro atoms. The lowest BCUT2D eigenvalue weighted by molar-refractivity contribution is -0.324. The molecule has 6 N–H and O–H groups in total. The highest BCUT2D eigenvalue weighted by molar-refractivity contribution is 6.06. The van der Waals surface area contributed by atoms with Crippen LogP contribution in [0.25, 0.3) is 0 Å². The van der Waals surface area contributed by atoms with E-state index >= 15 is 0 Å². The summed E-state index contributed by atoms with van der Waals surface area (Å²) in [4.78, 5) is 13.6. The summed E-state index contributed by atoms with van der Waals surface area (Å²) in [5, 5.41) is 59.3. The molecule has 31 heavy (non-hydrogen) atoms. The minimum absolute atomic E-state index is 0.0544. The highest BCUT2D eigenvalue weighted by Crippen LogP contribution is 2.42. The first-order valence-corrected chi connectivity index (χ1v) is 9.55. The number of aromatic hydroxyl groups is 2. The molecule has 10 heteroatoms. The van der Waals surface area contributed by atoms with Gasteiger partial charge in [0.25, 0.3) is 0 Å². The molecule has 0 aliphatic carbocycles. The molecule has 2 aliphatic heterocycles. The number of benzene rings is 2. The number of aliphatic hydroxyl groups excluding tert-OH is 4. The lowest BCUT2D eigenvalue weighted by atomic mass is 9.83. The second-order valence-corrected chi connectivity index (χ2v) is 7.49. The molecule has 2 aromatic carbocycles. The number of aliphatic hydroxyl groups is 4. The summed E-state index contributed by atoms with van der Waals surface area (Å²) in [5.41, 5.74) is -1.49. The van der Waals surface area contributed by atoms with E-state index in [1.165, 1.54) is 42.5 Å². The second kappa shape index (κ2) is 8.08. The van der Waals surface area contributed by atoms with Gasteiger partial charge in [-0.15, -0.1) is 0 Å². The van der Waals surface area contributed by atoms with E-state index < -0.39 is 48.7 Å². The van der Waals surface area contributed by atoms with Crippen molar-refractivity contribution in [1.82, 2.24) is 0 Å². The fourth-order valence-corrected chi connectivity index (χ4v) is 3.74. The summed E-state index contributed by atoms with van der Waals surface area (Å²) in [6, 6.07) is 9.50. The third-order valence-corrected chi connectivity index (χ3v) is 5.51. The van der Waals surface area contributed by atoms with E-state index in [1.807, 2.05) is 0 Å². The van der Waals surface area contributed by atoms with Crippen molar-refractivity contribution in [3.8, 4) is 17.2 Å². The fraction of sp³-hybridized carbons (Fsp3) is 0.381. The summed E-state index contributed by atoms with van der Waals surface area (Å²) < 4.78 is 17.1. The maximum Gasteiger partial charge on any atom is 0.206 e. The molecule has 0 bridgehead atoms. The van der Waals surface area contributed by atoms with Gasteiger partial charge in [-0.2, -0.15) is 0 Å². The molecule has 10 nitrogen and oxygen atoms in total. The summed E-state index contributed by atoms with van der Waals surface area (Å²) in [6.07, 6.45) is -7.86. The number of phenolic OH excluding ortho intramolecular Hbond substituents is 2. The van der Waals surface area contributed by atoms with Crippen LogP contribution in [0.1, 0.15) is 15.9 Å². The number of fused-ring (bicyclic) bond motifs is 1. The van der Waals surface area contributed by atoms with Crippen molar-refractivity contribution >= 4 is 5.78 Å². The molecule has 2 heterocycles. The number of ether oxygens (including phenoxy) is 3. The van der Waals surface area contributed by atoms with Crippen LogP contribution in [0.2, 0.25) is 0 Å². The lowest BCUT2D eigenvalue weighted by Crippen LogP contribution is -2.62. The Balaban J connectivity index is 1.76. The van der Waals surface area contributed by atoms with Gasteiger partial charge in [-0.05, 0) is 29.8 Å². The molecule has 0 aromatic heterocycles. The predicted octanol–water partition coefficient (Wildman–Crippen LogP) is -0.615. The van der Waals surface area contributed by atoms with Crippen molar-refractivity contribution in [3.63, 3.8) is 0 Å². The molecule has 4 rings (SSSR count). The van der Waals surface area contributed by atoms with E-state index in [-0.39, 0.29) is 35.0 Å². The Kier molecular flexibility index (Phi) is 5.60. The predicted molar refractivity (Wildman–Crippen MR) is 103 cm³/mol. The first kappa shape index (κ1) is 21.5. The Morgan fingerprint density at radius 3 is 2.32 bits per heavy atom. The molecule has 2 aliphatic rings. The van der Waals surface area contributed by atoms with Crippen LogP contribution in [0.5, 0.6) is 17.2 Å². The molecule has 1 fully saturated rings. The molecule has 166 valence electrons. The number of hydrogen-bond donors (Lipinski definition) is 6. The Bertz CT molecular complexity index is 959. The molecule has 1 saturated heterocycles. The van der Waals surface area contributed by atoms with Crippen LogP contribution in [-0.4, -0.2) is 80.3 Å². The van der Waals surface area contributed by atoms with E-state index in [2.05, 4.69) is 0 Å². The monoisotopic (exact) mass is 434 g/mol. The van der Waals surface area contributed by atoms with Crippen molar-refractivity contribution < 1.29 is 49.6 Å². The number of carbonyl (C=O) groups excluding carboxylic acids is 1.